The number of nitrogens with one attached hydrogen (secondary N) is 1. The van der Waals surface area contributed by atoms with Crippen molar-refractivity contribution in [1.29, 1.82) is 0 Å². The Balaban J connectivity index is 1.89. The van der Waals surface area contributed by atoms with Crippen LogP contribution in [0.25, 0.3) is 11.3 Å². The van der Waals surface area contributed by atoms with Gasteiger partial charge >= 0.3 is 0 Å². The Bertz CT molecular complexity index is 894. The van der Waals surface area contributed by atoms with Crippen LogP contribution in [0.2, 0.25) is 5.02 Å². The van der Waals surface area contributed by atoms with E-state index in [2.05, 4.69) is 14.9 Å². The van der Waals surface area contributed by atoms with Gasteiger partial charge in [0.15, 0.2) is 0 Å². The standard InChI is InChI=1S/C22H26ClN3O2/c1-16(2)28-13-7-12-26-20(17-10-11-21(27-3)19(23)14-17)15-24-22(26)25-18-8-5-4-6-9-18/h4-6,8-11,14-16H,7,12-13H2,1-3H3,(H,24,25). The Labute approximate surface area is 171 Å². The molecule has 148 valence electrons. The Hall–Kier alpha value is -2.50. The average Bonchev–Trinajstić information content (AvgIpc) is 3.08. The number of aromatic nitrogens is 2. The van der Waals surface area contributed by atoms with Gasteiger partial charge in [-0.3, -0.25) is 0 Å². The van der Waals surface area contributed by atoms with Gasteiger partial charge in [-0.25, -0.2) is 4.98 Å². The van der Waals surface area contributed by atoms with Crippen LogP contribution in [0, 0.1) is 0 Å². The van der Waals surface area contributed by atoms with Gasteiger partial charge < -0.3 is 19.4 Å². The molecular formula is C22H26ClN3O2. The summed E-state index contributed by atoms with van der Waals surface area (Å²) < 4.78 is 13.1. The number of hydrogen-bond acceptors (Lipinski definition) is 4. The summed E-state index contributed by atoms with van der Waals surface area (Å²) in [7, 11) is 1.61. The highest BCUT2D eigenvalue weighted by atomic mass is 35.5. The number of nitrogens with zero attached hydrogens (tertiary/aromatic N) is 2. The fourth-order valence-corrected chi connectivity index (χ4v) is 3.21. The zero-order valence-corrected chi connectivity index (χ0v) is 17.2. The van der Waals surface area contributed by atoms with Crippen molar-refractivity contribution >= 4 is 23.2 Å². The van der Waals surface area contributed by atoms with E-state index in [4.69, 9.17) is 21.1 Å². The second-order valence-electron chi connectivity index (χ2n) is 6.73. The molecule has 0 fully saturated rings. The highest BCUT2D eigenvalue weighted by molar-refractivity contribution is 6.32. The molecule has 1 aromatic heterocycles. The van der Waals surface area contributed by atoms with Crippen molar-refractivity contribution < 1.29 is 9.47 Å². The number of benzene rings is 2. The Morgan fingerprint density at radius 1 is 1.14 bits per heavy atom. The van der Waals surface area contributed by atoms with Gasteiger partial charge in [0.1, 0.15) is 5.75 Å². The molecule has 0 amide bonds. The molecule has 0 aliphatic heterocycles. The van der Waals surface area contributed by atoms with E-state index in [1.165, 1.54) is 0 Å². The van der Waals surface area contributed by atoms with Crippen LogP contribution in [0.5, 0.6) is 5.75 Å². The molecule has 0 saturated carbocycles. The predicted molar refractivity (Wildman–Crippen MR) is 115 cm³/mol. The molecule has 3 aromatic rings. The van der Waals surface area contributed by atoms with Crippen molar-refractivity contribution in [3.05, 3.63) is 59.8 Å². The van der Waals surface area contributed by atoms with Gasteiger partial charge in [0, 0.05) is 24.4 Å². The second-order valence-corrected chi connectivity index (χ2v) is 7.14. The topological polar surface area (TPSA) is 48.3 Å². The first-order valence-corrected chi connectivity index (χ1v) is 9.79. The number of imidazole rings is 1. The van der Waals surface area contributed by atoms with Gasteiger partial charge in [-0.1, -0.05) is 29.8 Å². The van der Waals surface area contributed by atoms with E-state index in [-0.39, 0.29) is 6.10 Å². The van der Waals surface area contributed by atoms with Crippen molar-refractivity contribution in [3.8, 4) is 17.0 Å². The van der Waals surface area contributed by atoms with Crippen molar-refractivity contribution in [2.75, 3.05) is 19.0 Å². The number of para-hydroxylation sites is 1. The molecule has 2 aromatic carbocycles. The average molecular weight is 400 g/mol. The summed E-state index contributed by atoms with van der Waals surface area (Å²) in [6.07, 6.45) is 2.98. The fraction of sp³-hybridized carbons (Fsp3) is 0.318. The third-order valence-electron chi connectivity index (χ3n) is 4.31. The predicted octanol–water partition coefficient (Wildman–Crippen LogP) is 5.77. The van der Waals surface area contributed by atoms with Crippen molar-refractivity contribution in [3.63, 3.8) is 0 Å². The third kappa shape index (κ3) is 5.06. The molecule has 5 nitrogen and oxygen atoms in total. The molecule has 0 saturated heterocycles. The summed E-state index contributed by atoms with van der Waals surface area (Å²) in [4.78, 5) is 4.61. The van der Waals surface area contributed by atoms with E-state index in [0.717, 1.165) is 35.9 Å². The Morgan fingerprint density at radius 2 is 1.93 bits per heavy atom. The Kier molecular flexibility index (Phi) is 6.95. The van der Waals surface area contributed by atoms with Crippen molar-refractivity contribution in [1.82, 2.24) is 9.55 Å². The summed E-state index contributed by atoms with van der Waals surface area (Å²) in [5.41, 5.74) is 2.98. The number of rotatable bonds is 9. The molecule has 6 heteroatoms. The lowest BCUT2D eigenvalue weighted by atomic mass is 10.1. The maximum atomic E-state index is 6.34. The Morgan fingerprint density at radius 3 is 2.61 bits per heavy atom. The molecule has 3 rings (SSSR count). The third-order valence-corrected chi connectivity index (χ3v) is 4.61. The van der Waals surface area contributed by atoms with Crippen LogP contribution in [0.15, 0.2) is 54.7 Å². The molecule has 0 aliphatic rings. The molecule has 0 bridgehead atoms. The van der Waals surface area contributed by atoms with E-state index in [0.29, 0.717) is 17.4 Å². The number of ether oxygens (including phenoxy) is 2. The minimum atomic E-state index is 0.226. The minimum absolute atomic E-state index is 0.226. The second kappa shape index (κ2) is 9.62. The monoisotopic (exact) mass is 399 g/mol. The first-order chi connectivity index (χ1) is 13.6. The normalized spacial score (nSPS) is 11.0. The lowest BCUT2D eigenvalue weighted by Gasteiger charge is -2.15. The van der Waals surface area contributed by atoms with E-state index < -0.39 is 0 Å². The number of halogens is 1. The smallest absolute Gasteiger partial charge is 0.207 e. The lowest BCUT2D eigenvalue weighted by Crippen LogP contribution is -2.10. The van der Waals surface area contributed by atoms with Gasteiger partial charge in [0.2, 0.25) is 5.95 Å². The molecule has 0 atom stereocenters. The van der Waals surface area contributed by atoms with Crippen LogP contribution in [0.4, 0.5) is 11.6 Å². The molecule has 1 heterocycles. The highest BCUT2D eigenvalue weighted by Crippen LogP contribution is 2.32. The van der Waals surface area contributed by atoms with Crippen LogP contribution < -0.4 is 10.1 Å². The molecule has 0 spiro atoms. The summed E-state index contributed by atoms with van der Waals surface area (Å²) in [5, 5.41) is 3.98. The summed E-state index contributed by atoms with van der Waals surface area (Å²) >= 11 is 6.34. The number of hydrogen-bond donors (Lipinski definition) is 1. The molecule has 28 heavy (non-hydrogen) atoms. The quantitative estimate of drug-likeness (QED) is 0.464. The zero-order valence-electron chi connectivity index (χ0n) is 16.5. The van der Waals surface area contributed by atoms with Crippen LogP contribution in [0.3, 0.4) is 0 Å². The van der Waals surface area contributed by atoms with Crippen molar-refractivity contribution in [2.24, 2.45) is 0 Å². The van der Waals surface area contributed by atoms with Crippen molar-refractivity contribution in [2.45, 2.75) is 32.9 Å². The van der Waals surface area contributed by atoms with Crippen LogP contribution >= 0.6 is 11.6 Å². The zero-order chi connectivity index (χ0) is 19.9. The fourth-order valence-electron chi connectivity index (χ4n) is 2.95. The lowest BCUT2D eigenvalue weighted by molar-refractivity contribution is 0.0750. The van der Waals surface area contributed by atoms with Crippen LogP contribution in [-0.4, -0.2) is 29.4 Å². The van der Waals surface area contributed by atoms with Crippen LogP contribution in [-0.2, 0) is 11.3 Å². The van der Waals surface area contributed by atoms with E-state index >= 15 is 0 Å². The first kappa shape index (κ1) is 20.2. The first-order valence-electron chi connectivity index (χ1n) is 9.41. The molecule has 0 aliphatic carbocycles. The summed E-state index contributed by atoms with van der Waals surface area (Å²) in [6.45, 7) is 5.57. The largest absolute Gasteiger partial charge is 0.495 e. The van der Waals surface area contributed by atoms with Gasteiger partial charge in [0.25, 0.3) is 0 Å². The number of anilines is 2. The van der Waals surface area contributed by atoms with Gasteiger partial charge in [0.05, 0.1) is 30.1 Å². The van der Waals surface area contributed by atoms with Gasteiger partial charge in [-0.2, -0.15) is 0 Å². The SMILES string of the molecule is COc1ccc(-c2cnc(Nc3ccccc3)n2CCCOC(C)C)cc1Cl. The van der Waals surface area contributed by atoms with E-state index in [1.54, 1.807) is 7.11 Å². The van der Waals surface area contributed by atoms with Gasteiger partial charge in [-0.05, 0) is 50.6 Å². The number of methoxy groups -OCH3 is 1. The molecule has 0 radical (unpaired) electrons. The van der Waals surface area contributed by atoms with E-state index in [9.17, 15) is 0 Å². The van der Waals surface area contributed by atoms with Crippen LogP contribution in [0.1, 0.15) is 20.3 Å². The van der Waals surface area contributed by atoms with E-state index in [1.807, 2.05) is 68.6 Å². The van der Waals surface area contributed by atoms with Gasteiger partial charge in [-0.15, -0.1) is 0 Å². The highest BCUT2D eigenvalue weighted by Gasteiger charge is 2.14. The molecule has 0 unspecified atom stereocenters. The molecule has 1 N–H and O–H groups in total. The summed E-state index contributed by atoms with van der Waals surface area (Å²) in [5.74, 6) is 1.45. The molecular weight excluding hydrogens is 374 g/mol. The minimum Gasteiger partial charge on any atom is -0.495 e. The maximum Gasteiger partial charge on any atom is 0.207 e. The maximum absolute atomic E-state index is 6.34. The summed E-state index contributed by atoms with van der Waals surface area (Å²) in [6, 6.07) is 15.8.